The maximum Gasteiger partial charge on any atom is 0.255 e. The fraction of sp³-hybridized carbons (Fsp3) is 0.235. The monoisotopic (exact) mass is 348 g/mol. The molecular formula is C17H17FN2O3S. The molecule has 126 valence electrons. The van der Waals surface area contributed by atoms with Crippen molar-refractivity contribution in [2.45, 2.75) is 13.3 Å². The van der Waals surface area contributed by atoms with E-state index in [4.69, 9.17) is 0 Å². The Labute approximate surface area is 140 Å². The lowest BCUT2D eigenvalue weighted by atomic mass is 10.1. The van der Waals surface area contributed by atoms with Gasteiger partial charge in [-0.2, -0.15) is 0 Å². The van der Waals surface area contributed by atoms with E-state index in [9.17, 15) is 17.6 Å². The van der Waals surface area contributed by atoms with Crippen LogP contribution >= 0.6 is 0 Å². The van der Waals surface area contributed by atoms with Gasteiger partial charge in [-0.25, -0.2) is 12.8 Å². The second kappa shape index (κ2) is 5.90. The maximum absolute atomic E-state index is 13.3. The minimum atomic E-state index is -3.37. The predicted molar refractivity (Wildman–Crippen MR) is 91.4 cm³/mol. The van der Waals surface area contributed by atoms with Gasteiger partial charge in [0.05, 0.1) is 11.9 Å². The maximum atomic E-state index is 13.3. The Hall–Kier alpha value is -2.41. The van der Waals surface area contributed by atoms with Crippen LogP contribution < -0.4 is 9.62 Å². The first-order valence-corrected chi connectivity index (χ1v) is 9.29. The molecule has 1 aliphatic rings. The third-order valence-corrected chi connectivity index (χ3v) is 5.20. The largest absolute Gasteiger partial charge is 0.322 e. The van der Waals surface area contributed by atoms with Crippen LogP contribution in [0, 0.1) is 12.7 Å². The van der Waals surface area contributed by atoms with Gasteiger partial charge in [0.2, 0.25) is 10.0 Å². The first kappa shape index (κ1) is 16.4. The third kappa shape index (κ3) is 3.12. The molecule has 3 rings (SSSR count). The molecular weight excluding hydrogens is 331 g/mol. The van der Waals surface area contributed by atoms with Gasteiger partial charge in [0, 0.05) is 17.8 Å². The summed E-state index contributed by atoms with van der Waals surface area (Å²) < 4.78 is 38.3. The minimum absolute atomic E-state index is 0.339. The van der Waals surface area contributed by atoms with Gasteiger partial charge in [0.25, 0.3) is 5.91 Å². The molecule has 7 heteroatoms. The van der Waals surface area contributed by atoms with E-state index < -0.39 is 10.0 Å². The molecule has 1 aliphatic heterocycles. The van der Waals surface area contributed by atoms with Crippen molar-refractivity contribution in [3.63, 3.8) is 0 Å². The minimum Gasteiger partial charge on any atom is -0.322 e. The summed E-state index contributed by atoms with van der Waals surface area (Å²) in [5.74, 6) is -0.710. The third-order valence-electron chi connectivity index (χ3n) is 4.02. The molecule has 0 spiro atoms. The van der Waals surface area contributed by atoms with Gasteiger partial charge in [-0.1, -0.05) is 6.07 Å². The summed E-state index contributed by atoms with van der Waals surface area (Å²) in [7, 11) is -3.37. The van der Waals surface area contributed by atoms with Crippen LogP contribution in [-0.2, 0) is 16.4 Å². The molecule has 0 aliphatic carbocycles. The molecule has 1 amide bonds. The first-order valence-electron chi connectivity index (χ1n) is 7.44. The van der Waals surface area contributed by atoms with Crippen LogP contribution in [0.25, 0.3) is 0 Å². The molecule has 2 aromatic rings. The molecule has 0 unspecified atom stereocenters. The van der Waals surface area contributed by atoms with Crippen LogP contribution in [0.4, 0.5) is 15.8 Å². The van der Waals surface area contributed by atoms with Gasteiger partial charge in [-0.05, 0) is 54.8 Å². The second-order valence-electron chi connectivity index (χ2n) is 5.85. The smallest absolute Gasteiger partial charge is 0.255 e. The lowest BCUT2D eigenvalue weighted by molar-refractivity contribution is 0.102. The average molecular weight is 348 g/mol. The Balaban J connectivity index is 1.88. The van der Waals surface area contributed by atoms with Crippen molar-refractivity contribution in [2.24, 2.45) is 0 Å². The van der Waals surface area contributed by atoms with Crippen LogP contribution in [-0.4, -0.2) is 27.1 Å². The lowest BCUT2D eigenvalue weighted by Crippen LogP contribution is -2.27. The Bertz CT molecular complexity index is 925. The van der Waals surface area contributed by atoms with Crippen molar-refractivity contribution in [1.29, 1.82) is 0 Å². The Morgan fingerprint density at radius 3 is 2.62 bits per heavy atom. The van der Waals surface area contributed by atoms with Crippen LogP contribution in [0.15, 0.2) is 36.4 Å². The Morgan fingerprint density at radius 2 is 1.96 bits per heavy atom. The van der Waals surface area contributed by atoms with Gasteiger partial charge >= 0.3 is 0 Å². The first-order chi connectivity index (χ1) is 11.3. The number of nitrogens with zero attached hydrogens (tertiary/aromatic N) is 1. The number of sulfonamides is 1. The number of aryl methyl sites for hydroxylation is 1. The summed E-state index contributed by atoms with van der Waals surface area (Å²) in [4.78, 5) is 12.4. The zero-order chi connectivity index (χ0) is 17.5. The van der Waals surface area contributed by atoms with Gasteiger partial charge in [0.1, 0.15) is 5.82 Å². The summed E-state index contributed by atoms with van der Waals surface area (Å²) in [6.45, 7) is 2.00. The molecule has 1 N–H and O–H groups in total. The SMILES string of the molecule is Cc1cc(NC(=O)c2ccc3c(c2)N(S(C)(=O)=O)CC3)ccc1F. The van der Waals surface area contributed by atoms with Crippen molar-refractivity contribution in [3.8, 4) is 0 Å². The summed E-state index contributed by atoms with van der Waals surface area (Å²) in [5.41, 5.74) is 2.71. The standard InChI is InChI=1S/C17H17FN2O3S/c1-11-9-14(5-6-15(11)18)19-17(21)13-4-3-12-7-8-20(16(12)10-13)24(2,22)23/h3-6,9-10H,7-8H2,1-2H3,(H,19,21). The van der Waals surface area contributed by atoms with Crippen LogP contribution in [0.1, 0.15) is 21.5 Å². The van der Waals surface area contributed by atoms with Crippen molar-refractivity contribution >= 4 is 27.3 Å². The van der Waals surface area contributed by atoms with E-state index in [1.165, 1.54) is 16.4 Å². The van der Waals surface area contributed by atoms with E-state index in [0.717, 1.165) is 11.8 Å². The van der Waals surface area contributed by atoms with Crippen LogP contribution in [0.5, 0.6) is 0 Å². The molecule has 0 saturated heterocycles. The number of halogens is 1. The van der Waals surface area contributed by atoms with Gasteiger partial charge < -0.3 is 5.32 Å². The topological polar surface area (TPSA) is 66.5 Å². The van der Waals surface area contributed by atoms with Crippen molar-refractivity contribution in [2.75, 3.05) is 22.4 Å². The molecule has 24 heavy (non-hydrogen) atoms. The molecule has 0 aromatic heterocycles. The van der Waals surface area contributed by atoms with E-state index in [0.29, 0.717) is 35.5 Å². The average Bonchev–Trinajstić information content (AvgIpc) is 2.94. The molecule has 0 bridgehead atoms. The van der Waals surface area contributed by atoms with Crippen molar-refractivity contribution < 1.29 is 17.6 Å². The fourth-order valence-corrected chi connectivity index (χ4v) is 3.71. The number of anilines is 2. The van der Waals surface area contributed by atoms with Crippen LogP contribution in [0.3, 0.4) is 0 Å². The summed E-state index contributed by atoms with van der Waals surface area (Å²) in [5, 5.41) is 2.70. The van der Waals surface area contributed by atoms with E-state index in [1.54, 1.807) is 31.2 Å². The highest BCUT2D eigenvalue weighted by atomic mass is 32.2. The number of amides is 1. The molecule has 2 aromatic carbocycles. The summed E-state index contributed by atoms with van der Waals surface area (Å²) >= 11 is 0. The normalized spacial score (nSPS) is 13.7. The number of fused-ring (bicyclic) bond motifs is 1. The second-order valence-corrected chi connectivity index (χ2v) is 7.75. The quantitative estimate of drug-likeness (QED) is 0.927. The summed E-state index contributed by atoms with van der Waals surface area (Å²) in [6, 6.07) is 9.33. The highest BCUT2D eigenvalue weighted by Crippen LogP contribution is 2.31. The zero-order valence-electron chi connectivity index (χ0n) is 13.3. The van der Waals surface area contributed by atoms with Gasteiger partial charge in [-0.3, -0.25) is 9.10 Å². The molecule has 0 saturated carbocycles. The van der Waals surface area contributed by atoms with Gasteiger partial charge in [0.15, 0.2) is 0 Å². The molecule has 0 atom stereocenters. The number of carbonyl (C=O) groups excluding carboxylic acids is 1. The predicted octanol–water partition coefficient (Wildman–Crippen LogP) is 2.71. The zero-order valence-corrected chi connectivity index (χ0v) is 14.2. The van der Waals surface area contributed by atoms with Crippen molar-refractivity contribution in [3.05, 3.63) is 58.9 Å². The molecule has 0 radical (unpaired) electrons. The number of carbonyl (C=O) groups is 1. The van der Waals surface area contributed by atoms with E-state index >= 15 is 0 Å². The van der Waals surface area contributed by atoms with E-state index in [2.05, 4.69) is 5.32 Å². The number of benzene rings is 2. The van der Waals surface area contributed by atoms with Gasteiger partial charge in [-0.15, -0.1) is 0 Å². The van der Waals surface area contributed by atoms with Crippen LogP contribution in [0.2, 0.25) is 0 Å². The Kier molecular flexibility index (Phi) is 4.04. The molecule has 1 heterocycles. The Morgan fingerprint density at radius 1 is 1.21 bits per heavy atom. The summed E-state index contributed by atoms with van der Waals surface area (Å²) in [6.07, 6.45) is 1.78. The number of nitrogens with one attached hydrogen (secondary N) is 1. The number of rotatable bonds is 3. The molecule has 0 fully saturated rings. The molecule has 5 nitrogen and oxygen atoms in total. The number of hydrogen-bond acceptors (Lipinski definition) is 3. The van der Waals surface area contributed by atoms with Crippen molar-refractivity contribution in [1.82, 2.24) is 0 Å². The number of hydrogen-bond donors (Lipinski definition) is 1. The van der Waals surface area contributed by atoms with E-state index in [1.807, 2.05) is 0 Å². The fourth-order valence-electron chi connectivity index (χ4n) is 2.76. The highest BCUT2D eigenvalue weighted by Gasteiger charge is 2.27. The highest BCUT2D eigenvalue weighted by molar-refractivity contribution is 7.92. The lowest BCUT2D eigenvalue weighted by Gasteiger charge is -2.17. The van der Waals surface area contributed by atoms with E-state index in [-0.39, 0.29) is 11.7 Å².